The standard InChI is InChI=1S/C30H40N2O5/c1-35-27-19-17-24(18-20-27)22-36-30(34)31-28(21-23-11-5-2-6-12-23)29(33)37-32(25-13-7-3-8-14-25)26-15-9-4-10-16-26/h2,5-6,11-12,17-20,25-26,28H,3-4,7-10,13-16,21-22H2,1H3,(H,31,34)/t28-/m0/s1. The van der Waals surface area contributed by atoms with E-state index < -0.39 is 18.1 Å². The van der Waals surface area contributed by atoms with E-state index in [9.17, 15) is 9.59 Å². The molecule has 7 heteroatoms. The predicted octanol–water partition coefficient (Wildman–Crippen LogP) is 5.96. The van der Waals surface area contributed by atoms with Gasteiger partial charge in [0.2, 0.25) is 0 Å². The van der Waals surface area contributed by atoms with Crippen LogP contribution < -0.4 is 10.1 Å². The van der Waals surface area contributed by atoms with E-state index in [4.69, 9.17) is 14.3 Å². The molecule has 0 bridgehead atoms. The van der Waals surface area contributed by atoms with Crippen LogP contribution >= 0.6 is 0 Å². The number of carbonyl (C=O) groups excluding carboxylic acids is 2. The summed E-state index contributed by atoms with van der Waals surface area (Å²) in [6, 6.07) is 16.7. The van der Waals surface area contributed by atoms with E-state index in [1.54, 1.807) is 7.11 Å². The highest BCUT2D eigenvalue weighted by atomic mass is 16.7. The lowest BCUT2D eigenvalue weighted by Gasteiger charge is -2.40. The minimum absolute atomic E-state index is 0.0964. The molecule has 1 N–H and O–H groups in total. The number of hydroxylamine groups is 2. The Balaban J connectivity index is 1.43. The van der Waals surface area contributed by atoms with E-state index in [2.05, 4.69) is 5.32 Å². The van der Waals surface area contributed by atoms with E-state index in [1.807, 2.05) is 59.7 Å². The number of rotatable bonds is 10. The van der Waals surface area contributed by atoms with Gasteiger partial charge < -0.3 is 19.6 Å². The van der Waals surface area contributed by atoms with Crippen molar-refractivity contribution < 1.29 is 23.9 Å². The molecule has 2 aliphatic rings. The Bertz CT molecular complexity index is 951. The molecule has 2 aromatic carbocycles. The number of nitrogens with zero attached hydrogens (tertiary/aromatic N) is 1. The van der Waals surface area contributed by atoms with E-state index in [0.29, 0.717) is 6.42 Å². The molecule has 0 radical (unpaired) electrons. The molecule has 37 heavy (non-hydrogen) atoms. The molecule has 0 saturated heterocycles. The number of carbonyl (C=O) groups is 2. The Kier molecular flexibility index (Phi) is 10.2. The van der Waals surface area contributed by atoms with Crippen molar-refractivity contribution >= 4 is 12.1 Å². The van der Waals surface area contributed by atoms with Crippen molar-refractivity contribution in [1.29, 1.82) is 0 Å². The largest absolute Gasteiger partial charge is 0.497 e. The Morgan fingerprint density at radius 1 is 0.838 bits per heavy atom. The molecule has 1 amide bonds. The van der Waals surface area contributed by atoms with Crippen LogP contribution in [0.25, 0.3) is 0 Å². The number of alkyl carbamates (subject to hydrolysis) is 1. The zero-order valence-electron chi connectivity index (χ0n) is 21.9. The van der Waals surface area contributed by atoms with Crippen molar-refractivity contribution in [3.63, 3.8) is 0 Å². The molecule has 1 atom stereocenters. The summed E-state index contributed by atoms with van der Waals surface area (Å²) < 4.78 is 10.6. The number of methoxy groups -OCH3 is 1. The maximum absolute atomic E-state index is 13.6. The second-order valence-electron chi connectivity index (χ2n) is 10.2. The van der Waals surface area contributed by atoms with Crippen molar-refractivity contribution in [2.24, 2.45) is 0 Å². The minimum Gasteiger partial charge on any atom is -0.497 e. The van der Waals surface area contributed by atoms with Gasteiger partial charge in [0, 0.05) is 18.5 Å². The lowest BCUT2D eigenvalue weighted by atomic mass is 9.90. The predicted molar refractivity (Wildman–Crippen MR) is 142 cm³/mol. The second-order valence-corrected chi connectivity index (χ2v) is 10.2. The van der Waals surface area contributed by atoms with Gasteiger partial charge in [-0.25, -0.2) is 9.59 Å². The minimum atomic E-state index is -0.847. The van der Waals surface area contributed by atoms with Crippen LogP contribution in [0.3, 0.4) is 0 Å². The highest BCUT2D eigenvalue weighted by molar-refractivity contribution is 5.81. The first-order chi connectivity index (χ1) is 18.1. The normalized spacial score (nSPS) is 17.7. The molecule has 0 unspecified atom stereocenters. The van der Waals surface area contributed by atoms with E-state index in [-0.39, 0.29) is 18.7 Å². The summed E-state index contributed by atoms with van der Waals surface area (Å²) in [5.74, 6) is 0.306. The van der Waals surface area contributed by atoms with Gasteiger partial charge in [-0.1, -0.05) is 81.0 Å². The summed E-state index contributed by atoms with van der Waals surface area (Å²) in [5.41, 5.74) is 1.78. The number of nitrogens with one attached hydrogen (secondary N) is 1. The molecule has 2 aliphatic carbocycles. The summed E-state index contributed by atoms with van der Waals surface area (Å²) in [7, 11) is 1.61. The summed E-state index contributed by atoms with van der Waals surface area (Å²) in [5, 5.41) is 4.79. The Hall–Kier alpha value is -3.06. The maximum Gasteiger partial charge on any atom is 0.408 e. The van der Waals surface area contributed by atoms with Crippen LogP contribution in [0, 0.1) is 0 Å². The molecule has 0 aromatic heterocycles. The van der Waals surface area contributed by atoms with Gasteiger partial charge in [-0.3, -0.25) is 0 Å². The molecule has 0 aliphatic heterocycles. The fourth-order valence-corrected chi connectivity index (χ4v) is 5.38. The van der Waals surface area contributed by atoms with Crippen LogP contribution in [0.1, 0.15) is 75.3 Å². The van der Waals surface area contributed by atoms with Crippen LogP contribution in [0.4, 0.5) is 4.79 Å². The van der Waals surface area contributed by atoms with Gasteiger partial charge in [-0.15, -0.1) is 5.06 Å². The van der Waals surface area contributed by atoms with Gasteiger partial charge in [-0.05, 0) is 48.9 Å². The smallest absolute Gasteiger partial charge is 0.408 e. The number of amides is 1. The number of benzene rings is 2. The quantitative estimate of drug-likeness (QED) is 0.399. The zero-order chi connectivity index (χ0) is 25.9. The average Bonchev–Trinajstić information content (AvgIpc) is 2.96. The van der Waals surface area contributed by atoms with Crippen LogP contribution in [0.2, 0.25) is 0 Å². The van der Waals surface area contributed by atoms with Gasteiger partial charge in [0.05, 0.1) is 7.11 Å². The first kappa shape index (κ1) is 27.0. The van der Waals surface area contributed by atoms with E-state index in [0.717, 1.165) is 68.2 Å². The van der Waals surface area contributed by atoms with Gasteiger partial charge in [-0.2, -0.15) is 0 Å². The van der Waals surface area contributed by atoms with Crippen molar-refractivity contribution in [3.05, 3.63) is 65.7 Å². The van der Waals surface area contributed by atoms with Gasteiger partial charge in [0.1, 0.15) is 18.4 Å². The third-order valence-corrected chi connectivity index (χ3v) is 7.45. The number of hydrogen-bond donors (Lipinski definition) is 1. The molecule has 2 aromatic rings. The lowest BCUT2D eigenvalue weighted by molar-refractivity contribution is -0.224. The summed E-state index contributed by atoms with van der Waals surface area (Å²) in [6.45, 7) is 0.0964. The molecule has 2 fully saturated rings. The van der Waals surface area contributed by atoms with Crippen LogP contribution in [0.5, 0.6) is 5.75 Å². The Morgan fingerprint density at radius 3 is 2.00 bits per heavy atom. The molecule has 0 spiro atoms. The third-order valence-electron chi connectivity index (χ3n) is 7.45. The van der Waals surface area contributed by atoms with Crippen molar-refractivity contribution in [2.45, 2.75) is 95.4 Å². The Labute approximate surface area is 220 Å². The second kappa shape index (κ2) is 14.0. The van der Waals surface area contributed by atoms with Crippen molar-refractivity contribution in [2.75, 3.05) is 7.11 Å². The molecule has 2 saturated carbocycles. The van der Waals surface area contributed by atoms with Gasteiger partial charge in [0.25, 0.3) is 0 Å². The fourth-order valence-electron chi connectivity index (χ4n) is 5.38. The molecule has 4 rings (SSSR count). The van der Waals surface area contributed by atoms with Crippen LogP contribution in [0.15, 0.2) is 54.6 Å². The highest BCUT2D eigenvalue weighted by Gasteiger charge is 2.34. The SMILES string of the molecule is COc1ccc(COC(=O)N[C@@H](Cc2ccccc2)C(=O)ON(C2CCCCC2)C2CCCCC2)cc1. The zero-order valence-corrected chi connectivity index (χ0v) is 21.9. The van der Waals surface area contributed by atoms with E-state index >= 15 is 0 Å². The lowest BCUT2D eigenvalue weighted by Crippen LogP contribution is -2.51. The first-order valence-corrected chi connectivity index (χ1v) is 13.7. The molecule has 200 valence electrons. The summed E-state index contributed by atoms with van der Waals surface area (Å²) >= 11 is 0. The third kappa shape index (κ3) is 8.22. The average molecular weight is 509 g/mol. The fraction of sp³-hybridized carbons (Fsp3) is 0.533. The van der Waals surface area contributed by atoms with Crippen molar-refractivity contribution in [1.82, 2.24) is 10.4 Å². The Morgan fingerprint density at radius 2 is 1.43 bits per heavy atom. The van der Waals surface area contributed by atoms with Crippen LogP contribution in [-0.2, 0) is 27.4 Å². The topological polar surface area (TPSA) is 77.1 Å². The molecule has 7 nitrogen and oxygen atoms in total. The van der Waals surface area contributed by atoms with Crippen molar-refractivity contribution in [3.8, 4) is 5.75 Å². The molecular formula is C30H40N2O5. The molecular weight excluding hydrogens is 468 g/mol. The summed E-state index contributed by atoms with van der Waals surface area (Å²) in [4.78, 5) is 32.5. The maximum atomic E-state index is 13.6. The monoisotopic (exact) mass is 508 g/mol. The summed E-state index contributed by atoms with van der Waals surface area (Å²) in [6.07, 6.45) is 11.0. The van der Waals surface area contributed by atoms with Crippen LogP contribution in [-0.4, -0.2) is 42.4 Å². The van der Waals surface area contributed by atoms with Gasteiger partial charge >= 0.3 is 12.1 Å². The first-order valence-electron chi connectivity index (χ1n) is 13.7. The number of hydrogen-bond acceptors (Lipinski definition) is 6. The number of ether oxygens (including phenoxy) is 2. The highest BCUT2D eigenvalue weighted by Crippen LogP contribution is 2.30. The molecule has 0 heterocycles. The van der Waals surface area contributed by atoms with Gasteiger partial charge in [0.15, 0.2) is 0 Å². The van der Waals surface area contributed by atoms with E-state index in [1.165, 1.54) is 12.8 Å².